The minimum absolute atomic E-state index is 0.905. The monoisotopic (exact) mass is 352 g/mol. The third-order valence-electron chi connectivity index (χ3n) is 5.50. The molecule has 132 valence electrons. The molecular weight excluding hydrogens is 330 g/mol. The SMILES string of the molecule is Cc1c[n+](C)c(-c2c(C)ccc3nc4n(c23)C=CC4)cc1-c1ccccc1. The zero-order valence-corrected chi connectivity index (χ0v) is 15.9. The van der Waals surface area contributed by atoms with Crippen molar-refractivity contribution in [1.29, 1.82) is 0 Å². The Balaban J connectivity index is 1.84. The fourth-order valence-electron chi connectivity index (χ4n) is 4.19. The molecule has 1 aliphatic heterocycles. The van der Waals surface area contributed by atoms with Gasteiger partial charge in [-0.25, -0.2) is 9.55 Å². The number of allylic oxidation sites excluding steroid dienone is 1. The highest BCUT2D eigenvalue weighted by molar-refractivity contribution is 5.95. The molecule has 0 bridgehead atoms. The summed E-state index contributed by atoms with van der Waals surface area (Å²) in [5.41, 5.74) is 9.81. The van der Waals surface area contributed by atoms with Crippen molar-refractivity contribution >= 4 is 17.2 Å². The van der Waals surface area contributed by atoms with Gasteiger partial charge in [-0.1, -0.05) is 42.5 Å². The molecule has 0 spiro atoms. The van der Waals surface area contributed by atoms with Crippen LogP contribution in [0.5, 0.6) is 0 Å². The maximum atomic E-state index is 4.84. The minimum atomic E-state index is 0.905. The van der Waals surface area contributed by atoms with Crippen LogP contribution < -0.4 is 4.57 Å². The van der Waals surface area contributed by atoms with E-state index in [0.29, 0.717) is 0 Å². The summed E-state index contributed by atoms with van der Waals surface area (Å²) in [7, 11) is 2.13. The molecule has 2 aromatic heterocycles. The number of fused-ring (bicyclic) bond motifs is 3. The second-order valence-electron chi connectivity index (χ2n) is 7.34. The van der Waals surface area contributed by atoms with E-state index in [-0.39, 0.29) is 0 Å². The van der Waals surface area contributed by atoms with Crippen LogP contribution >= 0.6 is 0 Å². The van der Waals surface area contributed by atoms with Crippen LogP contribution in [-0.2, 0) is 13.5 Å². The third kappa shape index (κ3) is 2.42. The van der Waals surface area contributed by atoms with Gasteiger partial charge >= 0.3 is 0 Å². The first kappa shape index (κ1) is 16.0. The largest absolute Gasteiger partial charge is 0.302 e. The van der Waals surface area contributed by atoms with E-state index in [9.17, 15) is 0 Å². The molecule has 3 heterocycles. The molecule has 1 aliphatic rings. The molecule has 3 nitrogen and oxygen atoms in total. The first-order chi connectivity index (χ1) is 13.1. The van der Waals surface area contributed by atoms with Crippen molar-refractivity contribution in [3.05, 3.63) is 77.8 Å². The molecule has 0 saturated heterocycles. The van der Waals surface area contributed by atoms with Gasteiger partial charge < -0.3 is 4.57 Å². The van der Waals surface area contributed by atoms with Gasteiger partial charge in [-0.3, -0.25) is 0 Å². The zero-order valence-electron chi connectivity index (χ0n) is 15.9. The van der Waals surface area contributed by atoms with Gasteiger partial charge in [0.1, 0.15) is 12.9 Å². The van der Waals surface area contributed by atoms with Crippen LogP contribution in [0.15, 0.2) is 60.8 Å². The number of aryl methyl sites for hydroxylation is 3. The molecule has 2 aromatic carbocycles. The molecule has 0 fully saturated rings. The van der Waals surface area contributed by atoms with Crippen molar-refractivity contribution in [3.63, 3.8) is 0 Å². The number of imidazole rings is 1. The third-order valence-corrected chi connectivity index (χ3v) is 5.50. The van der Waals surface area contributed by atoms with Gasteiger partial charge in [-0.05, 0) is 36.6 Å². The van der Waals surface area contributed by atoms with Crippen molar-refractivity contribution in [1.82, 2.24) is 9.55 Å². The first-order valence-corrected chi connectivity index (χ1v) is 9.36. The van der Waals surface area contributed by atoms with Crippen LogP contribution in [-0.4, -0.2) is 9.55 Å². The number of aromatic nitrogens is 3. The molecule has 27 heavy (non-hydrogen) atoms. The molecule has 5 rings (SSSR count). The first-order valence-electron chi connectivity index (χ1n) is 9.36. The van der Waals surface area contributed by atoms with E-state index in [1.165, 1.54) is 39.0 Å². The molecule has 0 saturated carbocycles. The topological polar surface area (TPSA) is 21.7 Å². The van der Waals surface area contributed by atoms with Crippen molar-refractivity contribution in [3.8, 4) is 22.4 Å². The summed E-state index contributed by atoms with van der Waals surface area (Å²) in [6.07, 6.45) is 7.47. The fraction of sp³-hybridized carbons (Fsp3) is 0.167. The molecule has 0 atom stereocenters. The van der Waals surface area contributed by atoms with E-state index in [2.05, 4.69) is 97.0 Å². The fourth-order valence-corrected chi connectivity index (χ4v) is 4.19. The molecule has 0 aliphatic carbocycles. The van der Waals surface area contributed by atoms with E-state index >= 15 is 0 Å². The van der Waals surface area contributed by atoms with Gasteiger partial charge in [0.25, 0.3) is 0 Å². The van der Waals surface area contributed by atoms with Crippen molar-refractivity contribution in [2.45, 2.75) is 20.3 Å². The van der Waals surface area contributed by atoms with E-state index < -0.39 is 0 Å². The molecule has 3 heteroatoms. The zero-order chi connectivity index (χ0) is 18.5. The van der Waals surface area contributed by atoms with Gasteiger partial charge in [0.15, 0.2) is 6.20 Å². The van der Waals surface area contributed by atoms with Gasteiger partial charge in [0.05, 0.1) is 16.6 Å². The summed E-state index contributed by atoms with van der Waals surface area (Å²) in [5, 5.41) is 0. The second kappa shape index (κ2) is 5.92. The Morgan fingerprint density at radius 3 is 2.63 bits per heavy atom. The van der Waals surface area contributed by atoms with E-state index in [4.69, 9.17) is 4.98 Å². The number of benzene rings is 2. The van der Waals surface area contributed by atoms with Gasteiger partial charge in [-0.15, -0.1) is 0 Å². The van der Waals surface area contributed by atoms with Crippen molar-refractivity contribution in [2.24, 2.45) is 7.05 Å². The molecule has 0 amide bonds. The Morgan fingerprint density at radius 1 is 1.00 bits per heavy atom. The number of rotatable bonds is 2. The summed E-state index contributed by atoms with van der Waals surface area (Å²) in [6, 6.07) is 17.3. The second-order valence-corrected chi connectivity index (χ2v) is 7.34. The van der Waals surface area contributed by atoms with Crippen LogP contribution in [0, 0.1) is 13.8 Å². The lowest BCUT2D eigenvalue weighted by Gasteiger charge is -2.11. The molecule has 0 N–H and O–H groups in total. The summed E-state index contributed by atoms with van der Waals surface area (Å²) in [4.78, 5) is 4.84. The quantitative estimate of drug-likeness (QED) is 0.473. The van der Waals surface area contributed by atoms with E-state index in [1.54, 1.807) is 0 Å². The van der Waals surface area contributed by atoms with Crippen LogP contribution in [0.25, 0.3) is 39.6 Å². The summed E-state index contributed by atoms with van der Waals surface area (Å²) < 4.78 is 4.49. The Bertz CT molecular complexity index is 1210. The van der Waals surface area contributed by atoms with Gasteiger partial charge in [0, 0.05) is 24.3 Å². The minimum Gasteiger partial charge on any atom is -0.302 e. The van der Waals surface area contributed by atoms with Crippen molar-refractivity contribution < 1.29 is 4.57 Å². The Morgan fingerprint density at radius 2 is 1.81 bits per heavy atom. The molecule has 4 aromatic rings. The Kier molecular flexibility index (Phi) is 3.51. The van der Waals surface area contributed by atoms with Crippen LogP contribution in [0.2, 0.25) is 0 Å². The van der Waals surface area contributed by atoms with Crippen molar-refractivity contribution in [2.75, 3.05) is 0 Å². The smallest absolute Gasteiger partial charge is 0.215 e. The maximum Gasteiger partial charge on any atom is 0.215 e. The lowest BCUT2D eigenvalue weighted by Crippen LogP contribution is -2.31. The normalized spacial score (nSPS) is 12.7. The average Bonchev–Trinajstić information content (AvgIpc) is 3.25. The number of nitrogens with zero attached hydrogens (tertiary/aromatic N) is 3. The van der Waals surface area contributed by atoms with Gasteiger partial charge in [0.2, 0.25) is 5.69 Å². The van der Waals surface area contributed by atoms with E-state index in [1.807, 2.05) is 0 Å². The number of pyridine rings is 1. The highest BCUT2D eigenvalue weighted by Crippen LogP contribution is 2.35. The van der Waals surface area contributed by atoms with Crippen LogP contribution in [0.3, 0.4) is 0 Å². The maximum absolute atomic E-state index is 4.84. The molecule has 0 radical (unpaired) electrons. The van der Waals surface area contributed by atoms with Crippen LogP contribution in [0.4, 0.5) is 0 Å². The summed E-state index contributed by atoms with van der Waals surface area (Å²) >= 11 is 0. The Hall–Kier alpha value is -3.20. The van der Waals surface area contributed by atoms with E-state index in [0.717, 1.165) is 17.8 Å². The number of hydrogen-bond donors (Lipinski definition) is 0. The van der Waals surface area contributed by atoms with Gasteiger partial charge in [-0.2, -0.15) is 0 Å². The summed E-state index contributed by atoms with van der Waals surface area (Å²) in [5.74, 6) is 1.12. The number of hydrogen-bond acceptors (Lipinski definition) is 1. The molecular formula is C24H22N3+. The standard InChI is InChI=1S/C24H22N3/c1-16-11-12-20-24(27-13-7-10-22(27)25-20)23(16)21-14-19(17(2)15-26(21)3)18-8-5-4-6-9-18/h4-9,11-15H,10H2,1-3H3/q+1. The predicted molar refractivity (Wildman–Crippen MR) is 110 cm³/mol. The highest BCUT2D eigenvalue weighted by atomic mass is 15.1. The average molecular weight is 352 g/mol. The lowest BCUT2D eigenvalue weighted by atomic mass is 9.96. The predicted octanol–water partition coefficient (Wildman–Crippen LogP) is 4.84. The molecule has 0 unspecified atom stereocenters. The highest BCUT2D eigenvalue weighted by Gasteiger charge is 2.23. The Labute approximate surface area is 159 Å². The van der Waals surface area contributed by atoms with Crippen LogP contribution in [0.1, 0.15) is 17.0 Å². The lowest BCUT2D eigenvalue weighted by molar-refractivity contribution is -0.660. The summed E-state index contributed by atoms with van der Waals surface area (Å²) in [6.45, 7) is 4.37.